The summed E-state index contributed by atoms with van der Waals surface area (Å²) in [4.78, 5) is 15.8. The molecule has 10 aromatic rings. The van der Waals surface area contributed by atoms with Gasteiger partial charge in [0, 0.05) is 47.7 Å². The Morgan fingerprint density at radius 3 is 1.80 bits per heavy atom. The van der Waals surface area contributed by atoms with Gasteiger partial charge < -0.3 is 0 Å². The van der Waals surface area contributed by atoms with Gasteiger partial charge in [-0.3, -0.25) is 0 Å². The SMILES string of the molecule is CC1(C)c2cc(-c3ccccc3)ccc2-c2ccc(-c3nc(-c4ccc5c(c4)sc4ccccc45)nc(-c4cccc5ccc6ccccc6c45)n3)cc21. The molecule has 1 aliphatic rings. The van der Waals surface area contributed by atoms with Crippen molar-refractivity contribution in [1.29, 1.82) is 0 Å². The van der Waals surface area contributed by atoms with Gasteiger partial charge >= 0.3 is 0 Å². The molecule has 4 heteroatoms. The molecule has 0 N–H and O–H groups in total. The topological polar surface area (TPSA) is 38.7 Å². The molecule has 1 aliphatic carbocycles. The zero-order chi connectivity index (χ0) is 36.0. The van der Waals surface area contributed by atoms with Crippen molar-refractivity contribution < 1.29 is 0 Å². The Bertz CT molecular complexity index is 3140. The Hall–Kier alpha value is -6.49. The molecule has 11 rings (SSSR count). The summed E-state index contributed by atoms with van der Waals surface area (Å²) in [5, 5.41) is 7.23. The van der Waals surface area contributed by atoms with Crippen molar-refractivity contribution in [3.63, 3.8) is 0 Å². The lowest BCUT2D eigenvalue weighted by atomic mass is 9.81. The van der Waals surface area contributed by atoms with E-state index in [9.17, 15) is 0 Å². The highest BCUT2D eigenvalue weighted by atomic mass is 32.1. The van der Waals surface area contributed by atoms with Crippen LogP contribution in [0.3, 0.4) is 0 Å². The Kier molecular flexibility index (Phi) is 6.77. The van der Waals surface area contributed by atoms with Crippen molar-refractivity contribution in [2.75, 3.05) is 0 Å². The average Bonchev–Trinajstić information content (AvgIpc) is 3.71. The van der Waals surface area contributed by atoms with Gasteiger partial charge in [0.05, 0.1) is 0 Å². The van der Waals surface area contributed by atoms with Crippen LogP contribution in [0.1, 0.15) is 25.0 Å². The standard InChI is InChI=1S/C50H33N3S/c1-50(2)42-27-33(30-11-4-3-5-12-30)21-24-37(42)38-25-22-34(28-43(38)50)47-51-48(35-23-26-40-39-16-8-9-18-44(39)54-45(40)29-35)53-49(52-47)41-17-10-14-32-20-19-31-13-6-7-15-36(31)46(32)41/h3-29H,1-2H3. The first-order valence-corrected chi connectivity index (χ1v) is 19.3. The predicted octanol–water partition coefficient (Wildman–Crippen LogP) is 13.5. The summed E-state index contributed by atoms with van der Waals surface area (Å²) in [6, 6.07) is 59.0. The van der Waals surface area contributed by atoms with Crippen LogP contribution in [0.15, 0.2) is 164 Å². The van der Waals surface area contributed by atoms with Gasteiger partial charge in [-0.2, -0.15) is 0 Å². The van der Waals surface area contributed by atoms with Gasteiger partial charge in [-0.25, -0.2) is 15.0 Å². The zero-order valence-electron chi connectivity index (χ0n) is 29.8. The summed E-state index contributed by atoms with van der Waals surface area (Å²) in [5.74, 6) is 2.01. The summed E-state index contributed by atoms with van der Waals surface area (Å²) in [6.45, 7) is 4.67. The maximum absolute atomic E-state index is 5.31. The number of benzene rings is 8. The lowest BCUT2D eigenvalue weighted by Crippen LogP contribution is -2.15. The Labute approximate surface area is 317 Å². The maximum Gasteiger partial charge on any atom is 0.164 e. The zero-order valence-corrected chi connectivity index (χ0v) is 30.7. The lowest BCUT2D eigenvalue weighted by molar-refractivity contribution is 0.661. The number of nitrogens with zero attached hydrogens (tertiary/aromatic N) is 3. The second-order valence-electron chi connectivity index (χ2n) is 14.8. The van der Waals surface area contributed by atoms with Gasteiger partial charge in [0.15, 0.2) is 17.5 Å². The largest absolute Gasteiger partial charge is 0.208 e. The van der Waals surface area contributed by atoms with Crippen molar-refractivity contribution in [3.8, 4) is 56.4 Å². The molecule has 2 aromatic heterocycles. The third-order valence-corrected chi connectivity index (χ3v) is 12.5. The molecule has 8 aromatic carbocycles. The number of hydrogen-bond donors (Lipinski definition) is 0. The fraction of sp³-hybridized carbons (Fsp3) is 0.0600. The maximum atomic E-state index is 5.31. The molecule has 3 nitrogen and oxygen atoms in total. The van der Waals surface area contributed by atoms with E-state index in [2.05, 4.69) is 178 Å². The quantitative estimate of drug-likeness (QED) is 0.171. The minimum Gasteiger partial charge on any atom is -0.208 e. The van der Waals surface area contributed by atoms with E-state index in [4.69, 9.17) is 15.0 Å². The first-order chi connectivity index (χ1) is 26.5. The van der Waals surface area contributed by atoms with E-state index in [-0.39, 0.29) is 5.41 Å². The monoisotopic (exact) mass is 707 g/mol. The summed E-state index contributed by atoms with van der Waals surface area (Å²) < 4.78 is 2.50. The fourth-order valence-corrected chi connectivity index (χ4v) is 9.70. The van der Waals surface area contributed by atoms with E-state index in [1.807, 2.05) is 11.3 Å². The van der Waals surface area contributed by atoms with Crippen LogP contribution < -0.4 is 0 Å². The molecule has 0 spiro atoms. The molecule has 0 amide bonds. The van der Waals surface area contributed by atoms with Gasteiger partial charge in [0.25, 0.3) is 0 Å². The van der Waals surface area contributed by atoms with E-state index < -0.39 is 0 Å². The van der Waals surface area contributed by atoms with Gasteiger partial charge in [-0.15, -0.1) is 11.3 Å². The molecule has 0 saturated carbocycles. The number of hydrogen-bond acceptors (Lipinski definition) is 4. The van der Waals surface area contributed by atoms with E-state index >= 15 is 0 Å². The van der Waals surface area contributed by atoms with E-state index in [0.29, 0.717) is 17.5 Å². The first kappa shape index (κ1) is 31.1. The highest BCUT2D eigenvalue weighted by Crippen LogP contribution is 2.50. The van der Waals surface area contributed by atoms with Gasteiger partial charge in [0.1, 0.15) is 0 Å². The number of aromatic nitrogens is 3. The molecule has 0 saturated heterocycles. The molecule has 2 heterocycles. The summed E-state index contributed by atoms with van der Waals surface area (Å²) in [5.41, 5.74) is 10.4. The number of rotatable bonds is 4. The van der Waals surface area contributed by atoms with Crippen molar-refractivity contribution in [3.05, 3.63) is 175 Å². The molecular formula is C50H33N3S. The van der Waals surface area contributed by atoms with Crippen LogP contribution in [0.25, 0.3) is 98.1 Å². The summed E-state index contributed by atoms with van der Waals surface area (Å²) in [6.07, 6.45) is 0. The van der Waals surface area contributed by atoms with Crippen LogP contribution in [0.4, 0.5) is 0 Å². The lowest BCUT2D eigenvalue weighted by Gasteiger charge is -2.22. The Morgan fingerprint density at radius 2 is 0.981 bits per heavy atom. The number of thiophene rings is 1. The second kappa shape index (κ2) is 11.8. The van der Waals surface area contributed by atoms with E-state index in [1.54, 1.807) is 0 Å². The smallest absolute Gasteiger partial charge is 0.164 e. The molecule has 0 bridgehead atoms. The predicted molar refractivity (Wildman–Crippen MR) is 227 cm³/mol. The summed E-state index contributed by atoms with van der Waals surface area (Å²) >= 11 is 1.81. The molecule has 0 unspecified atom stereocenters. The molecule has 0 aliphatic heterocycles. The van der Waals surface area contributed by atoms with Crippen molar-refractivity contribution in [2.45, 2.75) is 19.3 Å². The van der Waals surface area contributed by atoms with Crippen LogP contribution in [0.2, 0.25) is 0 Å². The molecule has 0 radical (unpaired) electrons. The van der Waals surface area contributed by atoms with Crippen LogP contribution in [0.5, 0.6) is 0 Å². The van der Waals surface area contributed by atoms with Crippen LogP contribution in [0, 0.1) is 0 Å². The molecular weight excluding hydrogens is 675 g/mol. The highest BCUT2D eigenvalue weighted by molar-refractivity contribution is 7.25. The minimum absolute atomic E-state index is 0.203. The van der Waals surface area contributed by atoms with Gasteiger partial charge in [-0.05, 0) is 73.8 Å². The molecule has 0 atom stereocenters. The second-order valence-corrected chi connectivity index (χ2v) is 15.9. The van der Waals surface area contributed by atoms with Crippen molar-refractivity contribution in [1.82, 2.24) is 15.0 Å². The Morgan fingerprint density at radius 1 is 0.389 bits per heavy atom. The minimum atomic E-state index is -0.203. The van der Waals surface area contributed by atoms with Gasteiger partial charge in [-0.1, -0.05) is 153 Å². The third kappa shape index (κ3) is 4.77. The average molecular weight is 708 g/mol. The third-order valence-electron chi connectivity index (χ3n) is 11.3. The Balaban J connectivity index is 1.11. The van der Waals surface area contributed by atoms with Crippen LogP contribution in [-0.2, 0) is 5.41 Å². The first-order valence-electron chi connectivity index (χ1n) is 18.4. The molecule has 54 heavy (non-hydrogen) atoms. The molecule has 254 valence electrons. The van der Waals surface area contributed by atoms with Crippen LogP contribution >= 0.6 is 11.3 Å². The van der Waals surface area contributed by atoms with Crippen molar-refractivity contribution in [2.24, 2.45) is 0 Å². The normalized spacial score (nSPS) is 13.1. The van der Waals surface area contributed by atoms with E-state index in [0.717, 1.165) is 27.5 Å². The highest BCUT2D eigenvalue weighted by Gasteiger charge is 2.36. The summed E-state index contributed by atoms with van der Waals surface area (Å²) in [7, 11) is 0. The van der Waals surface area contributed by atoms with Crippen molar-refractivity contribution >= 4 is 53.1 Å². The fourth-order valence-electron chi connectivity index (χ4n) is 8.55. The van der Waals surface area contributed by atoms with E-state index in [1.165, 1.54) is 64.3 Å². The van der Waals surface area contributed by atoms with Gasteiger partial charge in [0.2, 0.25) is 0 Å². The molecule has 0 fully saturated rings. The number of fused-ring (bicyclic) bond motifs is 9. The van der Waals surface area contributed by atoms with Crippen LogP contribution in [-0.4, -0.2) is 15.0 Å².